The summed E-state index contributed by atoms with van der Waals surface area (Å²) < 4.78 is 1.35. The lowest BCUT2D eigenvalue weighted by Gasteiger charge is -2.25. The van der Waals surface area contributed by atoms with Crippen LogP contribution >= 0.6 is 11.3 Å². The Morgan fingerprint density at radius 3 is 3.00 bits per heavy atom. The number of nitrogens with two attached hydrogens (primary N) is 1. The Hall–Kier alpha value is -2.08. The molecule has 1 atom stereocenters. The van der Waals surface area contributed by atoms with Gasteiger partial charge in [-0.15, -0.1) is 15.9 Å². The van der Waals surface area contributed by atoms with Gasteiger partial charge in [0.1, 0.15) is 11.1 Å². The van der Waals surface area contributed by atoms with Crippen LogP contribution in [-0.4, -0.2) is 16.6 Å². The lowest BCUT2D eigenvalue weighted by molar-refractivity contribution is -0.750. The highest BCUT2D eigenvalue weighted by atomic mass is 32.1. The number of rotatable bonds is 1. The van der Waals surface area contributed by atoms with Crippen molar-refractivity contribution in [3.63, 3.8) is 0 Å². The minimum absolute atomic E-state index is 0.107. The normalized spacial score (nSPS) is 24.5. The predicted octanol–water partition coefficient (Wildman–Crippen LogP) is 2.75. The Morgan fingerprint density at radius 2 is 2.11 bits per heavy atom. The molecule has 2 aliphatic rings. The lowest BCUT2D eigenvalue weighted by atomic mass is 10.2. The summed E-state index contributed by atoms with van der Waals surface area (Å²) in [5.74, 6) is 7.28. The van der Waals surface area contributed by atoms with E-state index in [1.165, 1.54) is 10.1 Å². The highest BCUT2D eigenvalue weighted by molar-refractivity contribution is 7.20. The number of nitrogens with zero attached hydrogens (tertiary/aromatic N) is 3. The van der Waals surface area contributed by atoms with Gasteiger partial charge in [0.05, 0.1) is 18.6 Å². The largest absolute Gasteiger partial charge is 0.274 e. The molecule has 0 spiro atoms. The third-order valence-corrected chi connectivity index (χ3v) is 4.45. The molecule has 2 aliphatic heterocycles. The highest BCUT2D eigenvalue weighted by Gasteiger charge is 2.40. The van der Waals surface area contributed by atoms with Gasteiger partial charge in [0.15, 0.2) is 5.70 Å². The van der Waals surface area contributed by atoms with Crippen LogP contribution in [0.3, 0.4) is 0 Å². The zero-order chi connectivity index (χ0) is 12.9. The van der Waals surface area contributed by atoms with Gasteiger partial charge in [0, 0.05) is 4.70 Å². The van der Waals surface area contributed by atoms with E-state index in [0.29, 0.717) is 0 Å². The fourth-order valence-electron chi connectivity index (χ4n) is 2.33. The quantitative estimate of drug-likeness (QED) is 0.627. The van der Waals surface area contributed by atoms with Gasteiger partial charge in [-0.05, 0) is 17.5 Å². The second-order valence-electron chi connectivity index (χ2n) is 4.51. The van der Waals surface area contributed by atoms with Gasteiger partial charge in [-0.3, -0.25) is 4.99 Å². The van der Waals surface area contributed by atoms with E-state index in [4.69, 9.17) is 5.84 Å². The molecule has 92 valence electrons. The summed E-state index contributed by atoms with van der Waals surface area (Å²) in [6.45, 7) is 0. The molecule has 0 saturated heterocycles. The monoisotopic (exact) mass is 267 g/mol. The summed E-state index contributed by atoms with van der Waals surface area (Å²) >= 11 is 1.71. The van der Waals surface area contributed by atoms with E-state index in [1.807, 2.05) is 18.3 Å². The van der Waals surface area contributed by atoms with Gasteiger partial charge in [0.25, 0.3) is 5.84 Å². The molecule has 1 unspecified atom stereocenters. The molecule has 0 fully saturated rings. The summed E-state index contributed by atoms with van der Waals surface area (Å²) in [4.78, 5) is 9.68. The number of hydrogen-bond acceptors (Lipinski definition) is 4. The van der Waals surface area contributed by atoms with Gasteiger partial charge in [-0.25, -0.2) is 0 Å². The van der Waals surface area contributed by atoms with Crippen molar-refractivity contribution in [2.24, 2.45) is 15.8 Å². The first-order valence-electron chi connectivity index (χ1n) is 5.94. The van der Waals surface area contributed by atoms with Crippen molar-refractivity contribution >= 4 is 33.5 Å². The maximum atomic E-state index is 6.43. The molecule has 1 aromatic heterocycles. The number of allylic oxidation sites excluding steroid dienone is 1. The molecular formula is C14H11N4S+. The average Bonchev–Trinajstić information content (AvgIpc) is 2.97. The molecule has 4 nitrogen and oxygen atoms in total. The first-order valence-corrected chi connectivity index (χ1v) is 6.75. The fraction of sp³-hybridized carbons (Fsp3) is 0. The molecule has 0 amide bonds. The van der Waals surface area contributed by atoms with Crippen LogP contribution in [0.1, 0.15) is 4.88 Å². The van der Waals surface area contributed by atoms with Crippen molar-refractivity contribution in [3.05, 3.63) is 59.5 Å². The Morgan fingerprint density at radius 1 is 1.21 bits per heavy atom. The Balaban J connectivity index is 1.86. The van der Waals surface area contributed by atoms with Gasteiger partial charge >= 0.3 is 0 Å². The van der Waals surface area contributed by atoms with E-state index in [-0.39, 0.29) is 4.59 Å². The summed E-state index contributed by atoms with van der Waals surface area (Å²) in [6.07, 6.45) is 7.10. The molecule has 2 aromatic rings. The van der Waals surface area contributed by atoms with Crippen molar-refractivity contribution in [1.82, 2.24) is 0 Å². The second kappa shape index (κ2) is 3.71. The Labute approximate surface area is 114 Å². The van der Waals surface area contributed by atoms with Crippen molar-refractivity contribution in [1.29, 1.82) is 0 Å². The number of fused-ring (bicyclic) bond motifs is 2. The van der Waals surface area contributed by atoms with E-state index in [0.717, 1.165) is 16.4 Å². The molecule has 2 N–H and O–H groups in total. The maximum Gasteiger partial charge on any atom is 0.274 e. The third kappa shape index (κ3) is 1.46. The van der Waals surface area contributed by atoms with Crippen molar-refractivity contribution in [3.8, 4) is 0 Å². The average molecular weight is 267 g/mol. The SMILES string of the molecule is N[N+]12C=CN=CC1=CN=C2c1cc2ccccc2s1. The smallest absolute Gasteiger partial charge is 0.253 e. The predicted molar refractivity (Wildman–Crippen MR) is 78.5 cm³/mol. The molecule has 0 saturated carbocycles. The standard InChI is InChI=1S/C14H11N4S/c15-18-6-5-16-8-11(18)9-17-14(18)13-7-10-3-1-2-4-12(10)19-13/h1-9H,15H2/q+1. The van der Waals surface area contributed by atoms with Gasteiger partial charge in [-0.2, -0.15) is 10.8 Å². The number of aliphatic imine (C=N–C) groups is 2. The Bertz CT molecular complexity index is 764. The van der Waals surface area contributed by atoms with E-state index in [2.05, 4.69) is 28.2 Å². The molecule has 0 bridgehead atoms. The van der Waals surface area contributed by atoms with Crippen LogP contribution in [0.5, 0.6) is 0 Å². The van der Waals surface area contributed by atoms with Crippen molar-refractivity contribution < 1.29 is 4.59 Å². The maximum absolute atomic E-state index is 6.43. The topological polar surface area (TPSA) is 50.7 Å². The third-order valence-electron chi connectivity index (χ3n) is 3.34. The summed E-state index contributed by atoms with van der Waals surface area (Å²) in [5.41, 5.74) is 0.884. The fourth-order valence-corrected chi connectivity index (χ4v) is 3.44. The van der Waals surface area contributed by atoms with E-state index in [1.54, 1.807) is 30.0 Å². The lowest BCUT2D eigenvalue weighted by Crippen LogP contribution is -2.52. The van der Waals surface area contributed by atoms with Crippen LogP contribution in [0, 0.1) is 0 Å². The van der Waals surface area contributed by atoms with Crippen molar-refractivity contribution in [2.75, 3.05) is 0 Å². The van der Waals surface area contributed by atoms with E-state index >= 15 is 0 Å². The number of thiophene rings is 1. The summed E-state index contributed by atoms with van der Waals surface area (Å²) in [7, 11) is 0. The van der Waals surface area contributed by atoms with Crippen LogP contribution in [0.4, 0.5) is 0 Å². The molecular weight excluding hydrogens is 256 g/mol. The zero-order valence-electron chi connectivity index (χ0n) is 10.0. The van der Waals surface area contributed by atoms with Gasteiger partial charge in [0.2, 0.25) is 0 Å². The molecule has 0 aliphatic carbocycles. The van der Waals surface area contributed by atoms with E-state index in [9.17, 15) is 0 Å². The first-order chi connectivity index (χ1) is 9.27. The molecule has 19 heavy (non-hydrogen) atoms. The molecule has 4 rings (SSSR count). The molecule has 3 heterocycles. The zero-order valence-corrected chi connectivity index (χ0v) is 10.8. The van der Waals surface area contributed by atoms with Crippen LogP contribution in [0.25, 0.3) is 10.1 Å². The highest BCUT2D eigenvalue weighted by Crippen LogP contribution is 2.32. The second-order valence-corrected chi connectivity index (χ2v) is 5.59. The minimum atomic E-state index is 0.107. The Kier molecular flexibility index (Phi) is 2.11. The van der Waals surface area contributed by atoms with Gasteiger partial charge in [-0.1, -0.05) is 18.2 Å². The minimum Gasteiger partial charge on any atom is -0.253 e. The number of hydrogen-bond donors (Lipinski definition) is 1. The summed E-state index contributed by atoms with van der Waals surface area (Å²) in [5, 5.41) is 1.22. The first kappa shape index (κ1) is 10.8. The molecule has 0 radical (unpaired) electrons. The number of quaternary nitrogens is 1. The van der Waals surface area contributed by atoms with Crippen LogP contribution in [0.15, 0.2) is 64.6 Å². The van der Waals surface area contributed by atoms with Crippen LogP contribution < -0.4 is 5.84 Å². The van der Waals surface area contributed by atoms with Crippen LogP contribution in [0.2, 0.25) is 0 Å². The number of amidine groups is 1. The molecule has 5 heteroatoms. The number of benzene rings is 1. The van der Waals surface area contributed by atoms with Crippen LogP contribution in [-0.2, 0) is 0 Å². The van der Waals surface area contributed by atoms with Gasteiger partial charge < -0.3 is 0 Å². The van der Waals surface area contributed by atoms with E-state index < -0.39 is 0 Å². The molecule has 1 aromatic carbocycles. The summed E-state index contributed by atoms with van der Waals surface area (Å²) in [6, 6.07) is 10.4. The van der Waals surface area contributed by atoms with Crippen molar-refractivity contribution in [2.45, 2.75) is 0 Å².